The van der Waals surface area contributed by atoms with Crippen molar-refractivity contribution >= 4 is 16.9 Å². The van der Waals surface area contributed by atoms with Gasteiger partial charge in [-0.3, -0.25) is 0 Å². The Morgan fingerprint density at radius 2 is 1.93 bits per heavy atom. The Balaban J connectivity index is 1.51. The van der Waals surface area contributed by atoms with Gasteiger partial charge >= 0.3 is 5.97 Å². The number of furan rings is 1. The van der Waals surface area contributed by atoms with Crippen LogP contribution >= 0.6 is 0 Å². The van der Waals surface area contributed by atoms with Crippen LogP contribution in [-0.2, 0) is 11.2 Å². The molecule has 27 heavy (non-hydrogen) atoms. The minimum atomic E-state index is -0.316. The van der Waals surface area contributed by atoms with Crippen LogP contribution in [0, 0.1) is 0 Å². The fourth-order valence-electron chi connectivity index (χ4n) is 3.90. The number of methoxy groups -OCH3 is 1. The zero-order chi connectivity index (χ0) is 18.8. The van der Waals surface area contributed by atoms with Crippen molar-refractivity contribution in [3.8, 4) is 11.1 Å². The lowest BCUT2D eigenvalue weighted by molar-refractivity contribution is 0.0601. The third kappa shape index (κ3) is 3.76. The van der Waals surface area contributed by atoms with Gasteiger partial charge in [0.1, 0.15) is 11.3 Å². The molecule has 2 aromatic carbocycles. The minimum Gasteiger partial charge on any atom is -0.465 e. The third-order valence-electron chi connectivity index (χ3n) is 5.54. The number of nitrogens with zero attached hydrogens (tertiary/aromatic N) is 1. The zero-order valence-corrected chi connectivity index (χ0v) is 15.9. The predicted molar refractivity (Wildman–Crippen MR) is 107 cm³/mol. The van der Waals surface area contributed by atoms with E-state index in [9.17, 15) is 4.79 Å². The molecule has 1 atom stereocenters. The number of rotatable bonds is 5. The van der Waals surface area contributed by atoms with Crippen LogP contribution in [0.25, 0.3) is 22.1 Å². The highest BCUT2D eigenvalue weighted by Crippen LogP contribution is 2.28. The quantitative estimate of drug-likeness (QED) is 0.604. The van der Waals surface area contributed by atoms with Crippen LogP contribution in [0.4, 0.5) is 0 Å². The molecule has 1 saturated heterocycles. The Kier molecular flexibility index (Phi) is 4.99. The van der Waals surface area contributed by atoms with Crippen molar-refractivity contribution in [2.75, 3.05) is 20.2 Å². The topological polar surface area (TPSA) is 42.7 Å². The summed E-state index contributed by atoms with van der Waals surface area (Å²) in [4.78, 5) is 14.1. The van der Waals surface area contributed by atoms with Crippen molar-refractivity contribution in [3.05, 3.63) is 59.9 Å². The fraction of sp³-hybridized carbons (Fsp3) is 0.348. The molecule has 3 aromatic rings. The highest BCUT2D eigenvalue weighted by atomic mass is 16.5. The van der Waals surface area contributed by atoms with Gasteiger partial charge in [-0.2, -0.15) is 0 Å². The van der Waals surface area contributed by atoms with E-state index in [1.165, 1.54) is 26.5 Å². The van der Waals surface area contributed by atoms with E-state index in [1.807, 2.05) is 18.2 Å². The molecule has 0 radical (unpaired) electrons. The molecule has 0 saturated carbocycles. The first-order valence-corrected chi connectivity index (χ1v) is 9.59. The van der Waals surface area contributed by atoms with Gasteiger partial charge in [-0.1, -0.05) is 18.2 Å². The van der Waals surface area contributed by atoms with Crippen LogP contribution in [0.5, 0.6) is 0 Å². The number of ether oxygens (including phenoxy) is 1. The molecule has 140 valence electrons. The molecule has 0 spiro atoms. The molecule has 0 amide bonds. The largest absolute Gasteiger partial charge is 0.465 e. The van der Waals surface area contributed by atoms with E-state index in [1.54, 1.807) is 12.1 Å². The van der Waals surface area contributed by atoms with E-state index >= 15 is 0 Å². The summed E-state index contributed by atoms with van der Waals surface area (Å²) in [7, 11) is 1.39. The Morgan fingerprint density at radius 3 is 2.63 bits per heavy atom. The number of likely N-dealkylation sites (tertiary alicyclic amines) is 1. The maximum Gasteiger partial charge on any atom is 0.337 e. The van der Waals surface area contributed by atoms with Crippen LogP contribution < -0.4 is 0 Å². The molecular formula is C23H25NO3. The second-order valence-corrected chi connectivity index (χ2v) is 7.31. The van der Waals surface area contributed by atoms with Crippen LogP contribution in [-0.4, -0.2) is 37.1 Å². The van der Waals surface area contributed by atoms with Crippen molar-refractivity contribution in [2.45, 2.75) is 32.2 Å². The van der Waals surface area contributed by atoms with Gasteiger partial charge in [0.25, 0.3) is 0 Å². The maximum absolute atomic E-state index is 11.6. The van der Waals surface area contributed by atoms with Crippen molar-refractivity contribution in [1.82, 2.24) is 4.90 Å². The Morgan fingerprint density at radius 1 is 1.15 bits per heavy atom. The number of carbonyl (C=O) groups is 1. The average molecular weight is 363 g/mol. The summed E-state index contributed by atoms with van der Waals surface area (Å²) in [5.74, 6) is 0.728. The van der Waals surface area contributed by atoms with Gasteiger partial charge in [0.15, 0.2) is 0 Å². The van der Waals surface area contributed by atoms with Gasteiger partial charge in [0.05, 0.1) is 12.7 Å². The summed E-state index contributed by atoms with van der Waals surface area (Å²) in [6.07, 6.45) is 3.56. The summed E-state index contributed by atoms with van der Waals surface area (Å²) in [5.41, 5.74) is 3.66. The molecule has 1 aliphatic rings. The Labute approximate surface area is 159 Å². The van der Waals surface area contributed by atoms with Gasteiger partial charge in [-0.25, -0.2) is 4.79 Å². The normalized spacial score (nSPS) is 17.5. The second-order valence-electron chi connectivity index (χ2n) is 7.31. The van der Waals surface area contributed by atoms with Crippen molar-refractivity contribution < 1.29 is 13.9 Å². The SMILES string of the molecule is COC(=O)c1ccc(-c2ccc3oc(CCN4CCCC4C)cc3c2)cc1. The molecule has 1 unspecified atom stereocenters. The van der Waals surface area contributed by atoms with Crippen molar-refractivity contribution in [1.29, 1.82) is 0 Å². The number of fused-ring (bicyclic) bond motifs is 1. The van der Waals surface area contributed by atoms with E-state index in [0.717, 1.165) is 40.8 Å². The molecule has 0 aliphatic carbocycles. The summed E-state index contributed by atoms with van der Waals surface area (Å²) >= 11 is 0. The first kappa shape index (κ1) is 17.8. The van der Waals surface area contributed by atoms with E-state index in [-0.39, 0.29) is 5.97 Å². The van der Waals surface area contributed by atoms with Crippen LogP contribution in [0.2, 0.25) is 0 Å². The lowest BCUT2D eigenvalue weighted by atomic mass is 10.0. The average Bonchev–Trinajstić information content (AvgIpc) is 3.30. The first-order chi connectivity index (χ1) is 13.1. The van der Waals surface area contributed by atoms with E-state index in [4.69, 9.17) is 9.15 Å². The van der Waals surface area contributed by atoms with E-state index in [0.29, 0.717) is 11.6 Å². The lowest BCUT2D eigenvalue weighted by Crippen LogP contribution is -2.28. The van der Waals surface area contributed by atoms with Crippen LogP contribution in [0.1, 0.15) is 35.9 Å². The fourth-order valence-corrected chi connectivity index (χ4v) is 3.90. The van der Waals surface area contributed by atoms with Gasteiger partial charge in [-0.05, 0) is 67.8 Å². The molecule has 4 nitrogen and oxygen atoms in total. The number of benzene rings is 2. The molecule has 1 fully saturated rings. The Bertz CT molecular complexity index is 942. The molecule has 1 aliphatic heterocycles. The van der Waals surface area contributed by atoms with Gasteiger partial charge in [-0.15, -0.1) is 0 Å². The molecule has 2 heterocycles. The molecule has 0 N–H and O–H groups in total. The second kappa shape index (κ2) is 7.57. The van der Waals surface area contributed by atoms with Gasteiger partial charge in [0.2, 0.25) is 0 Å². The molecule has 4 heteroatoms. The van der Waals surface area contributed by atoms with Gasteiger partial charge in [0, 0.05) is 24.4 Å². The monoisotopic (exact) mass is 363 g/mol. The standard InChI is InChI=1S/C23H25NO3/c1-16-4-3-12-24(16)13-11-21-15-20-14-19(9-10-22(20)27-21)17-5-7-18(8-6-17)23(25)26-2/h5-10,14-16H,3-4,11-13H2,1-2H3. The molecular weight excluding hydrogens is 338 g/mol. The van der Waals surface area contributed by atoms with Crippen LogP contribution in [0.15, 0.2) is 52.9 Å². The zero-order valence-electron chi connectivity index (χ0n) is 15.9. The smallest absolute Gasteiger partial charge is 0.337 e. The number of carbonyl (C=O) groups excluding carboxylic acids is 1. The third-order valence-corrected chi connectivity index (χ3v) is 5.54. The maximum atomic E-state index is 11.6. The summed E-state index contributed by atoms with van der Waals surface area (Å²) in [6, 6.07) is 16.6. The minimum absolute atomic E-state index is 0.316. The lowest BCUT2D eigenvalue weighted by Gasteiger charge is -2.19. The van der Waals surface area contributed by atoms with Crippen LogP contribution in [0.3, 0.4) is 0 Å². The predicted octanol–water partition coefficient (Wildman–Crippen LogP) is 4.91. The number of esters is 1. The summed E-state index contributed by atoms with van der Waals surface area (Å²) in [6.45, 7) is 4.57. The molecule has 0 bridgehead atoms. The van der Waals surface area contributed by atoms with Crippen molar-refractivity contribution in [2.24, 2.45) is 0 Å². The van der Waals surface area contributed by atoms with E-state index in [2.05, 4.69) is 30.0 Å². The summed E-state index contributed by atoms with van der Waals surface area (Å²) in [5, 5.41) is 1.12. The van der Waals surface area contributed by atoms with E-state index < -0.39 is 0 Å². The first-order valence-electron chi connectivity index (χ1n) is 9.59. The van der Waals surface area contributed by atoms with Crippen molar-refractivity contribution in [3.63, 3.8) is 0 Å². The highest BCUT2D eigenvalue weighted by molar-refractivity contribution is 5.90. The number of hydrogen-bond acceptors (Lipinski definition) is 4. The van der Waals surface area contributed by atoms with Gasteiger partial charge < -0.3 is 14.1 Å². The summed E-state index contributed by atoms with van der Waals surface area (Å²) < 4.78 is 10.8. The molecule has 4 rings (SSSR count). The number of hydrogen-bond donors (Lipinski definition) is 0. The Hall–Kier alpha value is -2.59. The highest BCUT2D eigenvalue weighted by Gasteiger charge is 2.20. The molecule has 1 aromatic heterocycles.